The second-order valence-corrected chi connectivity index (χ2v) is 10.5. The van der Waals surface area contributed by atoms with Gasteiger partial charge in [-0.25, -0.2) is 9.97 Å². The molecule has 35 heavy (non-hydrogen) atoms. The first-order chi connectivity index (χ1) is 16.4. The minimum Gasteiger partial charge on any atom is -0.443 e. The zero-order valence-corrected chi connectivity index (χ0v) is 21.3. The summed E-state index contributed by atoms with van der Waals surface area (Å²) in [5.74, 6) is -0.262. The number of oxazole rings is 2. The fraction of sp³-hybridized carbons (Fsp3) is 0.667. The highest BCUT2D eigenvalue weighted by Crippen LogP contribution is 2.38. The van der Waals surface area contributed by atoms with Crippen molar-refractivity contribution < 1.29 is 28.6 Å². The predicted octanol–water partition coefficient (Wildman–Crippen LogP) is 2.15. The lowest BCUT2D eigenvalue weighted by Crippen LogP contribution is -2.52. The van der Waals surface area contributed by atoms with Crippen molar-refractivity contribution in [3.63, 3.8) is 0 Å². The molecule has 0 aromatic carbocycles. The average Bonchev–Trinajstić information content (AvgIpc) is 3.44. The van der Waals surface area contributed by atoms with E-state index in [9.17, 15) is 19.8 Å². The van der Waals surface area contributed by atoms with Gasteiger partial charge < -0.3 is 34.6 Å². The van der Waals surface area contributed by atoms with Crippen LogP contribution < -0.4 is 15.5 Å². The van der Waals surface area contributed by atoms with E-state index >= 15 is 0 Å². The van der Waals surface area contributed by atoms with Crippen molar-refractivity contribution in [3.8, 4) is 11.6 Å². The molecule has 0 radical (unpaired) electrons. The van der Waals surface area contributed by atoms with Gasteiger partial charge in [-0.2, -0.15) is 0 Å². The smallest absolute Gasteiger partial charge is 0.251 e. The Hall–Kier alpha value is -2.92. The van der Waals surface area contributed by atoms with Gasteiger partial charge in [0.25, 0.3) is 5.89 Å². The predicted molar refractivity (Wildman–Crippen MR) is 128 cm³/mol. The minimum absolute atomic E-state index is 0.215. The molecular formula is C24H37N5O6. The van der Waals surface area contributed by atoms with Crippen molar-refractivity contribution in [1.82, 2.24) is 20.6 Å². The molecule has 11 nitrogen and oxygen atoms in total. The maximum Gasteiger partial charge on any atom is 0.251 e. The van der Waals surface area contributed by atoms with Crippen molar-refractivity contribution in [1.29, 1.82) is 0 Å². The molecular weight excluding hydrogens is 454 g/mol. The maximum atomic E-state index is 13.3. The zero-order chi connectivity index (χ0) is 25.9. The molecule has 0 saturated heterocycles. The van der Waals surface area contributed by atoms with Gasteiger partial charge in [0.2, 0.25) is 23.6 Å². The Kier molecular flexibility index (Phi) is 8.22. The number of aromatic nitrogens is 2. The van der Waals surface area contributed by atoms with Crippen LogP contribution in [-0.4, -0.2) is 57.7 Å². The van der Waals surface area contributed by atoms with Gasteiger partial charge in [0.15, 0.2) is 5.69 Å². The van der Waals surface area contributed by atoms with E-state index in [4.69, 9.17) is 8.83 Å². The fourth-order valence-corrected chi connectivity index (χ4v) is 3.86. The summed E-state index contributed by atoms with van der Waals surface area (Å²) in [4.78, 5) is 36.7. The zero-order valence-electron chi connectivity index (χ0n) is 21.3. The van der Waals surface area contributed by atoms with Crippen LogP contribution in [0, 0.1) is 11.3 Å². The Morgan fingerprint density at radius 2 is 2.03 bits per heavy atom. The summed E-state index contributed by atoms with van der Waals surface area (Å²) in [6.07, 6.45) is 1.96. The highest BCUT2D eigenvalue weighted by atomic mass is 16.4. The normalized spacial score (nSPS) is 20.7. The molecule has 0 spiro atoms. The van der Waals surface area contributed by atoms with Gasteiger partial charge in [-0.3, -0.25) is 9.59 Å². The lowest BCUT2D eigenvalue weighted by Gasteiger charge is -2.31. The van der Waals surface area contributed by atoms with E-state index in [1.54, 1.807) is 13.8 Å². The van der Waals surface area contributed by atoms with Crippen LogP contribution in [0.3, 0.4) is 0 Å². The number of carbonyl (C=O) groups excluding carboxylic acids is 2. The summed E-state index contributed by atoms with van der Waals surface area (Å²) in [5, 5.41) is 25.3. The van der Waals surface area contributed by atoms with Crippen LogP contribution >= 0.6 is 0 Å². The molecule has 2 bridgehead atoms. The van der Waals surface area contributed by atoms with E-state index in [1.807, 2.05) is 32.7 Å². The number of hydrogen-bond acceptors (Lipinski definition) is 9. The topological polar surface area (TPSA) is 154 Å². The molecule has 194 valence electrons. The number of rotatable bonds is 5. The standard InChI is InChI=1S/C24H37N5O6/c1-13(2)17(31)20(33)26-15-9-7-8-10-29(6)23-16(21-25-14(11-30)12-34-21)27-22(35-23)18(24(3,4)5)28-19(15)32/h12-13,15,17-18,30-31H,7-11H2,1-6H3,(H,26,33)(H,28,32)/t15-,17-,18+/m0/s1. The molecule has 1 aliphatic rings. The van der Waals surface area contributed by atoms with E-state index in [0.717, 1.165) is 0 Å². The third-order valence-corrected chi connectivity index (χ3v) is 6.06. The number of nitrogens with zero attached hydrogens (tertiary/aromatic N) is 3. The molecule has 0 aliphatic carbocycles. The lowest BCUT2D eigenvalue weighted by molar-refractivity contribution is -0.136. The summed E-state index contributed by atoms with van der Waals surface area (Å²) in [6.45, 7) is 9.66. The monoisotopic (exact) mass is 491 g/mol. The van der Waals surface area contributed by atoms with Gasteiger partial charge in [0.05, 0.1) is 6.61 Å². The average molecular weight is 492 g/mol. The van der Waals surface area contributed by atoms with Crippen LogP contribution in [0.1, 0.15) is 71.5 Å². The van der Waals surface area contributed by atoms with E-state index in [2.05, 4.69) is 20.6 Å². The summed E-state index contributed by atoms with van der Waals surface area (Å²) >= 11 is 0. The first-order valence-corrected chi connectivity index (χ1v) is 12.0. The SMILES string of the molecule is CC(C)[C@H](O)C(=O)N[C@H]1CCCCN(C)c2oc(nc2-c2nc(CO)co2)[C@H](C(C)(C)C)NC1=O. The molecule has 4 N–H and O–H groups in total. The third-order valence-electron chi connectivity index (χ3n) is 6.06. The van der Waals surface area contributed by atoms with E-state index in [0.29, 0.717) is 43.1 Å². The van der Waals surface area contributed by atoms with E-state index in [-0.39, 0.29) is 30.2 Å². The highest BCUT2D eigenvalue weighted by Gasteiger charge is 2.37. The second-order valence-electron chi connectivity index (χ2n) is 10.5. The number of aliphatic hydroxyl groups excluding tert-OH is 2. The lowest BCUT2D eigenvalue weighted by atomic mass is 9.86. The number of hydrogen-bond donors (Lipinski definition) is 4. The largest absolute Gasteiger partial charge is 0.443 e. The first-order valence-electron chi connectivity index (χ1n) is 12.0. The van der Waals surface area contributed by atoms with Crippen LogP contribution in [0.4, 0.5) is 5.88 Å². The van der Waals surface area contributed by atoms with Crippen molar-refractivity contribution in [2.24, 2.45) is 11.3 Å². The number of nitrogens with one attached hydrogen (secondary N) is 2. The molecule has 3 rings (SSSR count). The van der Waals surface area contributed by atoms with Crippen molar-refractivity contribution in [2.75, 3.05) is 18.5 Å². The Balaban J connectivity index is 1.99. The molecule has 3 heterocycles. The van der Waals surface area contributed by atoms with Crippen LogP contribution in [0.15, 0.2) is 15.1 Å². The Labute approximate surface area is 205 Å². The number of aliphatic hydroxyl groups is 2. The third kappa shape index (κ3) is 6.21. The van der Waals surface area contributed by atoms with Crippen LogP contribution in [0.5, 0.6) is 0 Å². The van der Waals surface area contributed by atoms with E-state index < -0.39 is 29.5 Å². The van der Waals surface area contributed by atoms with Crippen LogP contribution in [0.2, 0.25) is 0 Å². The van der Waals surface area contributed by atoms with Gasteiger partial charge in [-0.1, -0.05) is 34.6 Å². The van der Waals surface area contributed by atoms with Gasteiger partial charge in [-0.15, -0.1) is 0 Å². The molecule has 0 fully saturated rings. The quantitative estimate of drug-likeness (QED) is 0.492. The molecule has 2 amide bonds. The minimum atomic E-state index is -1.20. The second kappa shape index (κ2) is 10.8. The van der Waals surface area contributed by atoms with Crippen molar-refractivity contribution in [2.45, 2.75) is 78.7 Å². The molecule has 2 aromatic rings. The summed E-state index contributed by atoms with van der Waals surface area (Å²) < 4.78 is 11.7. The highest BCUT2D eigenvalue weighted by molar-refractivity contribution is 5.89. The van der Waals surface area contributed by atoms with Crippen molar-refractivity contribution in [3.05, 3.63) is 17.8 Å². The molecule has 11 heteroatoms. The summed E-state index contributed by atoms with van der Waals surface area (Å²) in [6, 6.07) is -1.43. The Morgan fingerprint density at radius 1 is 1.31 bits per heavy atom. The van der Waals surface area contributed by atoms with Gasteiger partial charge >= 0.3 is 0 Å². The molecule has 3 atom stereocenters. The molecule has 0 unspecified atom stereocenters. The van der Waals surface area contributed by atoms with Gasteiger partial charge in [0.1, 0.15) is 30.1 Å². The number of anilines is 1. The van der Waals surface area contributed by atoms with Crippen LogP contribution in [-0.2, 0) is 16.2 Å². The molecule has 0 saturated carbocycles. The van der Waals surface area contributed by atoms with Gasteiger partial charge in [0, 0.05) is 13.6 Å². The van der Waals surface area contributed by atoms with Crippen molar-refractivity contribution >= 4 is 17.7 Å². The Morgan fingerprint density at radius 3 is 2.63 bits per heavy atom. The summed E-state index contributed by atoms with van der Waals surface area (Å²) in [7, 11) is 1.87. The molecule has 2 aromatic heterocycles. The Bertz CT molecular complexity index is 1020. The first kappa shape index (κ1) is 26.7. The summed E-state index contributed by atoms with van der Waals surface area (Å²) in [5.41, 5.74) is 0.269. The van der Waals surface area contributed by atoms with Gasteiger partial charge in [-0.05, 0) is 30.6 Å². The maximum absolute atomic E-state index is 13.3. The van der Waals surface area contributed by atoms with E-state index in [1.165, 1.54) is 6.26 Å². The number of fused-ring (bicyclic) bond motifs is 2. The number of carbonyl (C=O) groups is 2. The number of amides is 2. The fourth-order valence-electron chi connectivity index (χ4n) is 3.86. The van der Waals surface area contributed by atoms with Crippen LogP contribution in [0.25, 0.3) is 11.6 Å². The molecule has 1 aliphatic heterocycles.